The minimum absolute atomic E-state index is 0.0227. The lowest BCUT2D eigenvalue weighted by molar-refractivity contribution is 0.331. The van der Waals surface area contributed by atoms with Crippen LogP contribution >= 0.6 is 12.2 Å². The van der Waals surface area contributed by atoms with Gasteiger partial charge in [0.2, 0.25) is 0 Å². The molecule has 0 radical (unpaired) electrons. The summed E-state index contributed by atoms with van der Waals surface area (Å²) in [5.74, 6) is 1.10. The predicted octanol–water partition coefficient (Wildman–Crippen LogP) is 3.17. The van der Waals surface area contributed by atoms with Crippen LogP contribution in [-0.2, 0) is 5.41 Å². The Kier molecular flexibility index (Phi) is 3.67. The molecule has 0 spiro atoms. The number of nitrogens with zero attached hydrogens (tertiary/aromatic N) is 1. The number of aromatic hydroxyl groups is 2. The van der Waals surface area contributed by atoms with Crippen LogP contribution < -0.4 is 5.32 Å². The van der Waals surface area contributed by atoms with E-state index in [0.717, 1.165) is 5.76 Å². The van der Waals surface area contributed by atoms with Crippen molar-refractivity contribution in [1.82, 2.24) is 5.16 Å². The molecule has 1 heterocycles. The van der Waals surface area contributed by atoms with E-state index in [2.05, 4.69) is 10.5 Å². The summed E-state index contributed by atoms with van der Waals surface area (Å²) in [5, 5.41) is 25.8. The lowest BCUT2D eigenvalue weighted by atomic mass is 9.93. The molecule has 5 nitrogen and oxygen atoms in total. The van der Waals surface area contributed by atoms with E-state index in [1.54, 1.807) is 6.07 Å². The first kappa shape index (κ1) is 14.3. The van der Waals surface area contributed by atoms with Crippen molar-refractivity contribution in [3.63, 3.8) is 0 Å². The summed E-state index contributed by atoms with van der Waals surface area (Å²) >= 11 is 5.20. The molecule has 0 saturated heterocycles. The molecule has 6 heteroatoms. The first-order valence-electron chi connectivity index (χ1n) is 6.08. The largest absolute Gasteiger partial charge is 0.508 e. The molecule has 0 aliphatic rings. The molecule has 1 aromatic carbocycles. The van der Waals surface area contributed by atoms with E-state index in [4.69, 9.17) is 16.7 Å². The SMILES string of the molecule is CC(C)(C)c1cc(NC(=S)c2ccc(O)cc2O)no1. The average molecular weight is 292 g/mol. The first-order chi connectivity index (χ1) is 9.27. The van der Waals surface area contributed by atoms with Gasteiger partial charge < -0.3 is 20.1 Å². The van der Waals surface area contributed by atoms with Gasteiger partial charge in [0.05, 0.1) is 5.56 Å². The second-order valence-electron chi connectivity index (χ2n) is 5.48. The van der Waals surface area contributed by atoms with Gasteiger partial charge in [-0.25, -0.2) is 0 Å². The summed E-state index contributed by atoms with van der Waals surface area (Å²) in [4.78, 5) is 0.302. The molecule has 0 saturated carbocycles. The van der Waals surface area contributed by atoms with Crippen molar-refractivity contribution in [1.29, 1.82) is 0 Å². The van der Waals surface area contributed by atoms with Gasteiger partial charge in [-0.15, -0.1) is 0 Å². The molecule has 0 fully saturated rings. The van der Waals surface area contributed by atoms with Crippen molar-refractivity contribution in [2.45, 2.75) is 26.2 Å². The highest BCUT2D eigenvalue weighted by molar-refractivity contribution is 7.81. The molecule has 3 N–H and O–H groups in total. The molecule has 0 aliphatic carbocycles. The Hall–Kier alpha value is -2.08. The van der Waals surface area contributed by atoms with Crippen molar-refractivity contribution < 1.29 is 14.7 Å². The van der Waals surface area contributed by atoms with Gasteiger partial charge in [-0.3, -0.25) is 0 Å². The van der Waals surface area contributed by atoms with Gasteiger partial charge in [0.25, 0.3) is 0 Å². The minimum atomic E-state index is -0.144. The molecular formula is C14H16N2O3S. The van der Waals surface area contributed by atoms with Crippen LogP contribution in [0.5, 0.6) is 11.5 Å². The van der Waals surface area contributed by atoms with Crippen LogP contribution in [0, 0.1) is 0 Å². The summed E-state index contributed by atoms with van der Waals surface area (Å²) in [6, 6.07) is 5.98. The standard InChI is InChI=1S/C14H16N2O3S/c1-14(2,3)11-7-12(16-19-11)15-13(20)9-5-4-8(17)6-10(9)18/h4-7,17-18H,1-3H3,(H,15,16,20). The monoisotopic (exact) mass is 292 g/mol. The van der Waals surface area contributed by atoms with E-state index >= 15 is 0 Å². The number of phenols is 2. The number of anilines is 1. The van der Waals surface area contributed by atoms with Crippen LogP contribution in [0.25, 0.3) is 0 Å². The number of phenolic OH excluding ortho intramolecular Hbond substituents is 2. The van der Waals surface area contributed by atoms with Crippen LogP contribution in [-0.4, -0.2) is 20.4 Å². The Labute approximate surface area is 122 Å². The molecule has 2 rings (SSSR count). The maximum absolute atomic E-state index is 9.74. The fraction of sp³-hybridized carbons (Fsp3) is 0.286. The summed E-state index contributed by atoms with van der Waals surface area (Å²) in [6.07, 6.45) is 0. The fourth-order valence-electron chi connectivity index (χ4n) is 1.58. The van der Waals surface area contributed by atoms with Crippen LogP contribution in [0.1, 0.15) is 32.1 Å². The highest BCUT2D eigenvalue weighted by atomic mass is 32.1. The van der Waals surface area contributed by atoms with Crippen molar-refractivity contribution in [3.8, 4) is 11.5 Å². The average Bonchev–Trinajstić information content (AvgIpc) is 2.76. The van der Waals surface area contributed by atoms with Gasteiger partial charge in [0, 0.05) is 17.5 Å². The first-order valence-corrected chi connectivity index (χ1v) is 6.49. The zero-order valence-corrected chi connectivity index (χ0v) is 12.3. The summed E-state index contributed by atoms with van der Waals surface area (Å²) in [5.41, 5.74) is 0.271. The Morgan fingerprint density at radius 2 is 1.95 bits per heavy atom. The highest BCUT2D eigenvalue weighted by Gasteiger charge is 2.20. The van der Waals surface area contributed by atoms with Crippen LogP contribution in [0.4, 0.5) is 5.82 Å². The second kappa shape index (κ2) is 5.13. The number of nitrogens with one attached hydrogen (secondary N) is 1. The van der Waals surface area contributed by atoms with E-state index in [9.17, 15) is 10.2 Å². The van der Waals surface area contributed by atoms with E-state index < -0.39 is 0 Å². The Bertz CT molecular complexity index is 644. The number of hydrogen-bond acceptors (Lipinski definition) is 5. The van der Waals surface area contributed by atoms with Crippen molar-refractivity contribution in [2.24, 2.45) is 0 Å². The van der Waals surface area contributed by atoms with Gasteiger partial charge in [-0.1, -0.05) is 38.1 Å². The molecule has 0 amide bonds. The topological polar surface area (TPSA) is 78.5 Å². The second-order valence-corrected chi connectivity index (χ2v) is 5.89. The maximum Gasteiger partial charge on any atom is 0.174 e. The quantitative estimate of drug-likeness (QED) is 0.738. The van der Waals surface area contributed by atoms with Crippen molar-refractivity contribution in [2.75, 3.05) is 5.32 Å². The van der Waals surface area contributed by atoms with Crippen molar-refractivity contribution >= 4 is 23.0 Å². The normalized spacial score (nSPS) is 11.3. The maximum atomic E-state index is 9.74. The van der Waals surface area contributed by atoms with Crippen molar-refractivity contribution in [3.05, 3.63) is 35.6 Å². The number of thiocarbonyl (C=S) groups is 1. The molecule has 2 aromatic rings. The zero-order chi connectivity index (χ0) is 14.9. The van der Waals surface area contributed by atoms with Crippen LogP contribution in [0.3, 0.4) is 0 Å². The summed E-state index contributed by atoms with van der Waals surface area (Å²) < 4.78 is 5.24. The van der Waals surface area contributed by atoms with E-state index in [0.29, 0.717) is 16.4 Å². The van der Waals surface area contributed by atoms with Gasteiger partial charge >= 0.3 is 0 Å². The van der Waals surface area contributed by atoms with Gasteiger partial charge in [-0.05, 0) is 12.1 Å². The molecule has 0 unspecified atom stereocenters. The third-order valence-electron chi connectivity index (χ3n) is 2.72. The summed E-state index contributed by atoms with van der Waals surface area (Å²) in [6.45, 7) is 6.05. The number of benzene rings is 1. The van der Waals surface area contributed by atoms with Gasteiger partial charge in [-0.2, -0.15) is 0 Å². The van der Waals surface area contributed by atoms with E-state index in [1.807, 2.05) is 20.8 Å². The van der Waals surface area contributed by atoms with Crippen LogP contribution in [0.2, 0.25) is 0 Å². The summed E-state index contributed by atoms with van der Waals surface area (Å²) in [7, 11) is 0. The lowest BCUT2D eigenvalue weighted by Gasteiger charge is -2.12. The molecule has 0 bridgehead atoms. The minimum Gasteiger partial charge on any atom is -0.508 e. The lowest BCUT2D eigenvalue weighted by Crippen LogP contribution is -2.11. The Balaban J connectivity index is 2.17. The third kappa shape index (κ3) is 3.08. The smallest absolute Gasteiger partial charge is 0.174 e. The van der Waals surface area contributed by atoms with E-state index in [1.165, 1.54) is 18.2 Å². The zero-order valence-electron chi connectivity index (χ0n) is 11.5. The number of rotatable bonds is 2. The Morgan fingerprint density at radius 1 is 1.25 bits per heavy atom. The third-order valence-corrected chi connectivity index (χ3v) is 3.04. The molecule has 106 valence electrons. The van der Waals surface area contributed by atoms with Gasteiger partial charge in [0.1, 0.15) is 22.2 Å². The molecule has 0 atom stereocenters. The van der Waals surface area contributed by atoms with Gasteiger partial charge in [0.15, 0.2) is 5.82 Å². The highest BCUT2D eigenvalue weighted by Crippen LogP contribution is 2.26. The predicted molar refractivity (Wildman–Crippen MR) is 80.3 cm³/mol. The molecule has 20 heavy (non-hydrogen) atoms. The molecule has 1 aromatic heterocycles. The molecular weight excluding hydrogens is 276 g/mol. The number of aromatic nitrogens is 1. The van der Waals surface area contributed by atoms with E-state index in [-0.39, 0.29) is 16.9 Å². The molecule has 0 aliphatic heterocycles. The Morgan fingerprint density at radius 3 is 2.50 bits per heavy atom. The fourth-order valence-corrected chi connectivity index (χ4v) is 1.86. The number of hydrogen-bond donors (Lipinski definition) is 3. The van der Waals surface area contributed by atoms with Crippen LogP contribution in [0.15, 0.2) is 28.8 Å².